The van der Waals surface area contributed by atoms with Crippen LogP contribution < -0.4 is 5.32 Å². The van der Waals surface area contributed by atoms with Crippen molar-refractivity contribution in [2.24, 2.45) is 0 Å². The third kappa shape index (κ3) is 7.35. The molecule has 4 aliphatic rings. The Bertz CT molecular complexity index is 1380. The number of piperidine rings is 3. The van der Waals surface area contributed by atoms with Gasteiger partial charge in [0.15, 0.2) is 6.10 Å². The normalized spacial score (nSPS) is 20.9. The third-order valence-electron chi connectivity index (χ3n) is 10.9. The summed E-state index contributed by atoms with van der Waals surface area (Å²) in [6.45, 7) is 11.7. The molecule has 1 N–H and O–H groups in total. The highest BCUT2D eigenvalue weighted by Gasteiger charge is 2.36. The summed E-state index contributed by atoms with van der Waals surface area (Å²) in [5, 5.41) is 3.07. The van der Waals surface area contributed by atoms with E-state index < -0.39 is 12.2 Å². The summed E-state index contributed by atoms with van der Waals surface area (Å²) in [5.74, 6) is -0.0861. The van der Waals surface area contributed by atoms with Crippen LogP contribution >= 0.6 is 0 Å². The molecule has 0 bridgehead atoms. The number of hydrogen-bond acceptors (Lipinski definition) is 5. The van der Waals surface area contributed by atoms with E-state index in [2.05, 4.69) is 49.2 Å². The Morgan fingerprint density at radius 1 is 0.826 bits per heavy atom. The van der Waals surface area contributed by atoms with Crippen molar-refractivity contribution < 1.29 is 19.1 Å². The van der Waals surface area contributed by atoms with E-state index in [4.69, 9.17) is 4.74 Å². The number of nitrogens with zero attached hydrogens (tertiary/aromatic N) is 4. The monoisotopic (exact) mass is 629 g/mol. The SMILES string of the molecule is Cc1cc(C[C@@H](OC(=O)N2CCC(N3CCc4ccccc4NC3=O)CC2)C(=O)N2CCC(N3CCCCC3)CC2)cc(C)c1C. The molecule has 0 aromatic heterocycles. The second kappa shape index (κ2) is 14.4. The maximum absolute atomic E-state index is 14.0. The lowest BCUT2D eigenvalue weighted by Gasteiger charge is -2.41. The van der Waals surface area contributed by atoms with E-state index in [0.29, 0.717) is 58.0 Å². The first-order valence-electron chi connectivity index (χ1n) is 17.5. The Kier molecular flexibility index (Phi) is 10.2. The van der Waals surface area contributed by atoms with Gasteiger partial charge in [-0.05, 0) is 113 Å². The predicted molar refractivity (Wildman–Crippen MR) is 180 cm³/mol. The summed E-state index contributed by atoms with van der Waals surface area (Å²) in [7, 11) is 0. The van der Waals surface area contributed by atoms with Gasteiger partial charge in [0.2, 0.25) is 0 Å². The Morgan fingerprint density at radius 2 is 1.46 bits per heavy atom. The van der Waals surface area contributed by atoms with Gasteiger partial charge in [0.1, 0.15) is 0 Å². The first-order valence-corrected chi connectivity index (χ1v) is 17.5. The summed E-state index contributed by atoms with van der Waals surface area (Å²) in [6, 6.07) is 12.7. The topological polar surface area (TPSA) is 85.4 Å². The molecule has 2 aromatic carbocycles. The van der Waals surface area contributed by atoms with Crippen molar-refractivity contribution in [2.45, 2.75) is 96.7 Å². The molecule has 248 valence electrons. The zero-order chi connectivity index (χ0) is 32.2. The minimum atomic E-state index is -0.867. The van der Waals surface area contributed by atoms with Crippen molar-refractivity contribution >= 4 is 23.7 Å². The molecule has 0 spiro atoms. The minimum absolute atomic E-state index is 0.0514. The number of ether oxygens (including phenoxy) is 1. The van der Waals surface area contributed by atoms with Gasteiger partial charge in [-0.2, -0.15) is 0 Å². The number of carbonyl (C=O) groups is 3. The molecule has 0 aliphatic carbocycles. The highest BCUT2D eigenvalue weighted by atomic mass is 16.6. The molecule has 2 aromatic rings. The predicted octanol–water partition coefficient (Wildman–Crippen LogP) is 5.69. The van der Waals surface area contributed by atoms with E-state index in [9.17, 15) is 14.4 Å². The van der Waals surface area contributed by atoms with E-state index in [0.717, 1.165) is 49.2 Å². The number of likely N-dealkylation sites (tertiary alicyclic amines) is 3. The zero-order valence-electron chi connectivity index (χ0n) is 27.9. The number of aryl methyl sites for hydroxylation is 2. The molecule has 46 heavy (non-hydrogen) atoms. The largest absolute Gasteiger partial charge is 0.436 e. The highest BCUT2D eigenvalue weighted by molar-refractivity contribution is 5.91. The Hall–Kier alpha value is -3.59. The van der Waals surface area contributed by atoms with E-state index in [1.54, 1.807) is 4.90 Å². The van der Waals surface area contributed by atoms with Gasteiger partial charge in [-0.3, -0.25) is 4.79 Å². The fourth-order valence-electron chi connectivity index (χ4n) is 7.87. The van der Waals surface area contributed by atoms with Gasteiger partial charge in [0.25, 0.3) is 5.91 Å². The Labute approximate surface area is 274 Å². The van der Waals surface area contributed by atoms with Crippen molar-refractivity contribution in [3.8, 4) is 0 Å². The number of amides is 4. The van der Waals surface area contributed by atoms with Crippen LogP contribution in [-0.2, 0) is 22.4 Å². The molecular weight excluding hydrogens is 578 g/mol. The number of urea groups is 1. The fourth-order valence-corrected chi connectivity index (χ4v) is 7.87. The molecule has 4 heterocycles. The number of anilines is 1. The summed E-state index contributed by atoms with van der Waals surface area (Å²) >= 11 is 0. The first kappa shape index (κ1) is 32.4. The molecule has 0 unspecified atom stereocenters. The zero-order valence-corrected chi connectivity index (χ0v) is 27.9. The second-order valence-electron chi connectivity index (χ2n) is 13.8. The highest BCUT2D eigenvalue weighted by Crippen LogP contribution is 2.27. The third-order valence-corrected chi connectivity index (χ3v) is 10.9. The van der Waals surface area contributed by atoms with Crippen molar-refractivity contribution in [3.63, 3.8) is 0 Å². The smallest absolute Gasteiger partial charge is 0.410 e. The van der Waals surface area contributed by atoms with Crippen molar-refractivity contribution in [1.82, 2.24) is 19.6 Å². The molecule has 3 fully saturated rings. The van der Waals surface area contributed by atoms with Crippen LogP contribution in [0.5, 0.6) is 0 Å². The van der Waals surface area contributed by atoms with Crippen molar-refractivity contribution in [3.05, 3.63) is 64.2 Å². The number of rotatable bonds is 6. The first-order chi connectivity index (χ1) is 22.3. The van der Waals surface area contributed by atoms with Gasteiger partial charge in [-0.25, -0.2) is 9.59 Å². The van der Waals surface area contributed by atoms with E-state index in [1.165, 1.54) is 36.0 Å². The molecule has 4 aliphatic heterocycles. The van der Waals surface area contributed by atoms with E-state index in [1.807, 2.05) is 28.0 Å². The summed E-state index contributed by atoms with van der Waals surface area (Å²) in [5.41, 5.74) is 6.64. The average Bonchev–Trinajstić information content (AvgIpc) is 3.25. The van der Waals surface area contributed by atoms with E-state index in [-0.39, 0.29) is 18.0 Å². The molecule has 3 saturated heterocycles. The summed E-state index contributed by atoms with van der Waals surface area (Å²) < 4.78 is 6.12. The number of hydrogen-bond donors (Lipinski definition) is 1. The molecule has 0 radical (unpaired) electrons. The van der Waals surface area contributed by atoms with Crippen molar-refractivity contribution in [1.29, 1.82) is 0 Å². The average molecular weight is 630 g/mol. The van der Waals surface area contributed by atoms with Crippen LogP contribution in [0.4, 0.5) is 15.3 Å². The summed E-state index contributed by atoms with van der Waals surface area (Å²) in [6.07, 6.45) is 7.01. The number of fused-ring (bicyclic) bond motifs is 1. The maximum atomic E-state index is 14.0. The lowest BCUT2D eigenvalue weighted by atomic mass is 9.96. The molecule has 9 nitrogen and oxygen atoms in total. The molecular formula is C37H51N5O4. The number of para-hydroxylation sites is 1. The Balaban J connectivity index is 1.09. The maximum Gasteiger partial charge on any atom is 0.410 e. The van der Waals surface area contributed by atoms with Gasteiger partial charge in [-0.1, -0.05) is 36.8 Å². The number of nitrogens with one attached hydrogen (secondary N) is 1. The van der Waals surface area contributed by atoms with Gasteiger partial charge in [-0.15, -0.1) is 0 Å². The van der Waals surface area contributed by atoms with Crippen LogP contribution in [0.3, 0.4) is 0 Å². The molecule has 6 rings (SSSR count). The van der Waals surface area contributed by atoms with Gasteiger partial charge in [0, 0.05) is 56.9 Å². The molecule has 1 atom stereocenters. The van der Waals surface area contributed by atoms with Crippen LogP contribution in [0.2, 0.25) is 0 Å². The molecule has 4 amide bonds. The standard InChI is InChI=1S/C37H51N5O4/c1-26-23-29(24-27(2)28(26)3)25-34(35(43)40-18-12-31(13-19-40)39-16-7-4-8-17-39)46-37(45)41-20-14-32(15-21-41)42-22-11-30-9-5-6-10-33(30)38-36(42)44/h5-6,9-10,23-24,31-32,34H,4,7-8,11-22,25H2,1-3H3,(H,38,44)/t34-/m1/s1. The van der Waals surface area contributed by atoms with Crippen LogP contribution in [0.15, 0.2) is 36.4 Å². The lowest BCUT2D eigenvalue weighted by molar-refractivity contribution is -0.142. The summed E-state index contributed by atoms with van der Waals surface area (Å²) in [4.78, 5) is 48.9. The van der Waals surface area contributed by atoms with Gasteiger partial charge in [0.05, 0.1) is 0 Å². The quantitative estimate of drug-likeness (QED) is 0.444. The fraction of sp³-hybridized carbons (Fsp3) is 0.595. The minimum Gasteiger partial charge on any atom is -0.436 e. The molecule has 0 saturated carbocycles. The van der Waals surface area contributed by atoms with Crippen LogP contribution in [0.1, 0.15) is 72.8 Å². The van der Waals surface area contributed by atoms with Gasteiger partial charge < -0.3 is 29.7 Å². The Morgan fingerprint density at radius 3 is 2.15 bits per heavy atom. The molecule has 9 heteroatoms. The van der Waals surface area contributed by atoms with Crippen molar-refractivity contribution in [2.75, 3.05) is 51.1 Å². The van der Waals surface area contributed by atoms with Crippen LogP contribution in [0.25, 0.3) is 0 Å². The van der Waals surface area contributed by atoms with Crippen LogP contribution in [0, 0.1) is 20.8 Å². The number of benzene rings is 2. The van der Waals surface area contributed by atoms with Gasteiger partial charge >= 0.3 is 12.1 Å². The van der Waals surface area contributed by atoms with Crippen LogP contribution in [-0.4, -0.2) is 102 Å². The van der Waals surface area contributed by atoms with E-state index >= 15 is 0 Å². The lowest BCUT2D eigenvalue weighted by Crippen LogP contribution is -2.53. The second-order valence-corrected chi connectivity index (χ2v) is 13.8. The number of carbonyl (C=O) groups excluding carboxylic acids is 3.